The number of hydrogen-bond donors (Lipinski definition) is 1. The molecule has 0 saturated carbocycles. The van der Waals surface area contributed by atoms with Crippen LogP contribution in [0.1, 0.15) is 39.5 Å². The second-order valence-electron chi connectivity index (χ2n) is 6.68. The number of ether oxygens (including phenoxy) is 1. The second kappa shape index (κ2) is 7.02. The predicted octanol–water partition coefficient (Wildman–Crippen LogP) is 1.30. The molecule has 0 aromatic carbocycles. The van der Waals surface area contributed by atoms with E-state index in [1.807, 2.05) is 0 Å². The minimum absolute atomic E-state index is 0.101. The fraction of sp³-hybridized carbons (Fsp3) is 1.00. The first-order valence-electron chi connectivity index (χ1n) is 7.92. The van der Waals surface area contributed by atoms with E-state index in [1.54, 1.807) is 0 Å². The van der Waals surface area contributed by atoms with E-state index in [-0.39, 0.29) is 5.60 Å². The van der Waals surface area contributed by atoms with E-state index < -0.39 is 0 Å². The summed E-state index contributed by atoms with van der Waals surface area (Å²) in [5.41, 5.74) is 5.69. The molecular weight excluding hydrogens is 238 g/mol. The van der Waals surface area contributed by atoms with Crippen molar-refractivity contribution in [3.05, 3.63) is 0 Å². The van der Waals surface area contributed by atoms with E-state index in [4.69, 9.17) is 10.5 Å². The van der Waals surface area contributed by atoms with Crippen LogP contribution in [0, 0.1) is 0 Å². The highest BCUT2D eigenvalue weighted by atomic mass is 16.5. The SMILES string of the molecule is CC1(C)CCC(CN2CCCN(CCCN)CC2)O1. The van der Waals surface area contributed by atoms with Gasteiger partial charge in [-0.05, 0) is 65.7 Å². The van der Waals surface area contributed by atoms with Gasteiger partial charge in [0.05, 0.1) is 11.7 Å². The molecule has 0 bridgehead atoms. The summed E-state index contributed by atoms with van der Waals surface area (Å²) in [6, 6.07) is 0. The largest absolute Gasteiger partial charge is 0.371 e. The van der Waals surface area contributed by atoms with Crippen LogP contribution in [0.3, 0.4) is 0 Å². The van der Waals surface area contributed by atoms with Gasteiger partial charge in [0.25, 0.3) is 0 Å². The Hall–Kier alpha value is -0.160. The van der Waals surface area contributed by atoms with E-state index >= 15 is 0 Å². The summed E-state index contributed by atoms with van der Waals surface area (Å²) >= 11 is 0. The van der Waals surface area contributed by atoms with Crippen LogP contribution in [0.15, 0.2) is 0 Å². The Balaban J connectivity index is 1.71. The molecular formula is C15H31N3O. The fourth-order valence-electron chi connectivity index (χ4n) is 3.24. The molecule has 0 aliphatic carbocycles. The predicted molar refractivity (Wildman–Crippen MR) is 79.4 cm³/mol. The summed E-state index contributed by atoms with van der Waals surface area (Å²) in [6.07, 6.45) is 5.28. The molecule has 19 heavy (non-hydrogen) atoms. The average Bonchev–Trinajstić information content (AvgIpc) is 2.58. The molecule has 2 aliphatic rings. The number of hydrogen-bond acceptors (Lipinski definition) is 4. The van der Waals surface area contributed by atoms with Crippen molar-refractivity contribution in [2.45, 2.75) is 51.2 Å². The van der Waals surface area contributed by atoms with Gasteiger partial charge in [0, 0.05) is 19.6 Å². The van der Waals surface area contributed by atoms with Gasteiger partial charge < -0.3 is 15.4 Å². The monoisotopic (exact) mass is 269 g/mol. The molecule has 2 saturated heterocycles. The average molecular weight is 269 g/mol. The van der Waals surface area contributed by atoms with E-state index in [0.717, 1.165) is 26.1 Å². The van der Waals surface area contributed by atoms with Crippen LogP contribution >= 0.6 is 0 Å². The van der Waals surface area contributed by atoms with Gasteiger partial charge in [-0.25, -0.2) is 0 Å². The molecule has 0 spiro atoms. The molecule has 2 fully saturated rings. The van der Waals surface area contributed by atoms with Crippen molar-refractivity contribution >= 4 is 0 Å². The van der Waals surface area contributed by atoms with E-state index in [9.17, 15) is 0 Å². The smallest absolute Gasteiger partial charge is 0.0710 e. The van der Waals surface area contributed by atoms with Crippen molar-refractivity contribution in [1.29, 1.82) is 0 Å². The Labute approximate surface area is 118 Å². The Bertz CT molecular complexity index is 270. The van der Waals surface area contributed by atoms with Crippen LogP contribution in [0.5, 0.6) is 0 Å². The van der Waals surface area contributed by atoms with Crippen molar-refractivity contribution in [2.24, 2.45) is 5.73 Å². The van der Waals surface area contributed by atoms with Gasteiger partial charge in [0.1, 0.15) is 0 Å². The maximum absolute atomic E-state index is 6.11. The second-order valence-corrected chi connectivity index (χ2v) is 6.68. The third-order valence-corrected chi connectivity index (χ3v) is 4.38. The van der Waals surface area contributed by atoms with E-state index in [1.165, 1.54) is 45.4 Å². The van der Waals surface area contributed by atoms with Gasteiger partial charge in [-0.15, -0.1) is 0 Å². The highest BCUT2D eigenvalue weighted by Gasteiger charge is 2.32. The summed E-state index contributed by atoms with van der Waals surface area (Å²) in [4.78, 5) is 5.15. The highest BCUT2D eigenvalue weighted by molar-refractivity contribution is 4.83. The van der Waals surface area contributed by atoms with Crippen molar-refractivity contribution < 1.29 is 4.74 Å². The third-order valence-electron chi connectivity index (χ3n) is 4.38. The summed E-state index contributed by atoms with van der Waals surface area (Å²) in [5, 5.41) is 0. The maximum Gasteiger partial charge on any atom is 0.0710 e. The standard InChI is InChI=1S/C15H31N3O/c1-15(2)6-5-14(19-15)13-18-10-4-9-17(11-12-18)8-3-7-16/h14H,3-13,16H2,1-2H3. The van der Waals surface area contributed by atoms with Gasteiger partial charge in [0.2, 0.25) is 0 Å². The molecule has 0 aromatic rings. The Morgan fingerprint density at radius 3 is 2.58 bits per heavy atom. The summed E-state index contributed by atoms with van der Waals surface area (Å²) in [6.45, 7) is 12.3. The van der Waals surface area contributed by atoms with Crippen molar-refractivity contribution in [3.63, 3.8) is 0 Å². The molecule has 2 N–H and O–H groups in total. The summed E-state index contributed by atoms with van der Waals surface area (Å²) in [7, 11) is 0. The zero-order valence-electron chi connectivity index (χ0n) is 12.7. The van der Waals surface area contributed by atoms with Crippen LogP contribution in [0.25, 0.3) is 0 Å². The third kappa shape index (κ3) is 5.03. The van der Waals surface area contributed by atoms with Crippen molar-refractivity contribution in [2.75, 3.05) is 45.8 Å². The van der Waals surface area contributed by atoms with Crippen LogP contribution in [0.4, 0.5) is 0 Å². The molecule has 0 radical (unpaired) electrons. The number of nitrogens with zero attached hydrogens (tertiary/aromatic N) is 2. The lowest BCUT2D eigenvalue weighted by atomic mass is 10.1. The lowest BCUT2D eigenvalue weighted by Gasteiger charge is -2.26. The molecule has 0 amide bonds. The molecule has 2 rings (SSSR count). The maximum atomic E-state index is 6.11. The van der Waals surface area contributed by atoms with E-state index in [0.29, 0.717) is 6.10 Å². The first-order chi connectivity index (χ1) is 9.09. The van der Waals surface area contributed by atoms with Crippen molar-refractivity contribution in [1.82, 2.24) is 9.80 Å². The van der Waals surface area contributed by atoms with Crippen LogP contribution in [0.2, 0.25) is 0 Å². The molecule has 4 heteroatoms. The molecule has 1 atom stereocenters. The zero-order valence-corrected chi connectivity index (χ0v) is 12.7. The Kier molecular flexibility index (Phi) is 5.63. The first kappa shape index (κ1) is 15.2. The molecule has 2 heterocycles. The van der Waals surface area contributed by atoms with Crippen LogP contribution in [-0.4, -0.2) is 67.3 Å². The summed E-state index contributed by atoms with van der Waals surface area (Å²) < 4.78 is 6.11. The summed E-state index contributed by atoms with van der Waals surface area (Å²) in [5.74, 6) is 0. The van der Waals surface area contributed by atoms with Gasteiger partial charge >= 0.3 is 0 Å². The molecule has 4 nitrogen and oxygen atoms in total. The first-order valence-corrected chi connectivity index (χ1v) is 7.92. The molecule has 2 aliphatic heterocycles. The normalized spacial score (nSPS) is 29.5. The van der Waals surface area contributed by atoms with Crippen LogP contribution in [-0.2, 0) is 4.74 Å². The molecule has 112 valence electrons. The van der Waals surface area contributed by atoms with E-state index in [2.05, 4.69) is 23.6 Å². The zero-order chi connectivity index (χ0) is 13.7. The van der Waals surface area contributed by atoms with Gasteiger partial charge in [-0.3, -0.25) is 4.90 Å². The Morgan fingerprint density at radius 2 is 1.89 bits per heavy atom. The van der Waals surface area contributed by atoms with Gasteiger partial charge in [-0.2, -0.15) is 0 Å². The number of nitrogens with two attached hydrogens (primary N) is 1. The topological polar surface area (TPSA) is 41.7 Å². The number of rotatable bonds is 5. The Morgan fingerprint density at radius 1 is 1.16 bits per heavy atom. The van der Waals surface area contributed by atoms with Gasteiger partial charge in [-0.1, -0.05) is 0 Å². The van der Waals surface area contributed by atoms with Crippen molar-refractivity contribution in [3.8, 4) is 0 Å². The van der Waals surface area contributed by atoms with Crippen LogP contribution < -0.4 is 5.73 Å². The molecule has 1 unspecified atom stereocenters. The lowest BCUT2D eigenvalue weighted by molar-refractivity contribution is -0.0282. The lowest BCUT2D eigenvalue weighted by Crippen LogP contribution is -2.37. The minimum Gasteiger partial charge on any atom is -0.371 e. The van der Waals surface area contributed by atoms with Gasteiger partial charge in [0.15, 0.2) is 0 Å². The fourth-order valence-corrected chi connectivity index (χ4v) is 3.24. The molecule has 0 aromatic heterocycles. The highest BCUT2D eigenvalue weighted by Crippen LogP contribution is 2.29. The minimum atomic E-state index is 0.101. The quantitative estimate of drug-likeness (QED) is 0.817.